The van der Waals surface area contributed by atoms with Gasteiger partial charge in [0.1, 0.15) is 6.29 Å². The van der Waals surface area contributed by atoms with Crippen LogP contribution in [0.25, 0.3) is 0 Å². The van der Waals surface area contributed by atoms with Crippen LogP contribution in [0.2, 0.25) is 0 Å². The quantitative estimate of drug-likeness (QED) is 0.669. The van der Waals surface area contributed by atoms with Crippen LogP contribution in [0.4, 0.5) is 0 Å². The molecule has 0 bridgehead atoms. The van der Waals surface area contributed by atoms with E-state index in [1.54, 1.807) is 0 Å². The molecule has 1 saturated heterocycles. The van der Waals surface area contributed by atoms with Crippen molar-refractivity contribution in [1.82, 2.24) is 4.90 Å². The summed E-state index contributed by atoms with van der Waals surface area (Å²) in [5, 5.41) is 0. The fourth-order valence-electron chi connectivity index (χ4n) is 2.69. The van der Waals surface area contributed by atoms with Gasteiger partial charge >= 0.3 is 0 Å². The standard InChI is InChI=1S/C14H27NO2/c1-5-7-14(4,11-16)10-15-8-12(3)17-9-13(15)6-2/h11-13H,5-10H2,1-4H3. The van der Waals surface area contributed by atoms with E-state index in [0.717, 1.165) is 45.2 Å². The van der Waals surface area contributed by atoms with Crippen molar-refractivity contribution in [3.63, 3.8) is 0 Å². The third kappa shape index (κ3) is 4.07. The molecular formula is C14H27NO2. The fourth-order valence-corrected chi connectivity index (χ4v) is 2.69. The van der Waals surface area contributed by atoms with Crippen molar-refractivity contribution in [1.29, 1.82) is 0 Å². The first-order valence-electron chi connectivity index (χ1n) is 6.86. The Labute approximate surface area is 106 Å². The maximum atomic E-state index is 11.3. The molecule has 3 atom stereocenters. The van der Waals surface area contributed by atoms with Crippen molar-refractivity contribution in [3.8, 4) is 0 Å². The minimum atomic E-state index is -0.195. The average Bonchev–Trinajstić information content (AvgIpc) is 2.29. The van der Waals surface area contributed by atoms with Crippen molar-refractivity contribution in [2.24, 2.45) is 5.41 Å². The average molecular weight is 241 g/mol. The summed E-state index contributed by atoms with van der Waals surface area (Å²) in [7, 11) is 0. The number of hydrogen-bond acceptors (Lipinski definition) is 3. The molecule has 100 valence electrons. The topological polar surface area (TPSA) is 29.5 Å². The Balaban J connectivity index is 2.64. The predicted molar refractivity (Wildman–Crippen MR) is 70.1 cm³/mol. The highest BCUT2D eigenvalue weighted by molar-refractivity contribution is 5.59. The smallest absolute Gasteiger partial charge is 0.127 e. The maximum Gasteiger partial charge on any atom is 0.127 e. The summed E-state index contributed by atoms with van der Waals surface area (Å²) in [5.41, 5.74) is -0.195. The summed E-state index contributed by atoms with van der Waals surface area (Å²) in [5.74, 6) is 0. The molecule has 0 aromatic heterocycles. The van der Waals surface area contributed by atoms with Gasteiger partial charge in [-0.2, -0.15) is 0 Å². The third-order valence-electron chi connectivity index (χ3n) is 3.72. The molecule has 0 spiro atoms. The lowest BCUT2D eigenvalue weighted by Gasteiger charge is -2.41. The number of hydrogen-bond donors (Lipinski definition) is 0. The predicted octanol–water partition coefficient (Wildman–Crippen LogP) is 2.49. The van der Waals surface area contributed by atoms with Crippen LogP contribution in [0, 0.1) is 5.41 Å². The summed E-state index contributed by atoms with van der Waals surface area (Å²) in [6.07, 6.45) is 4.55. The molecule has 0 saturated carbocycles. The van der Waals surface area contributed by atoms with E-state index in [1.807, 2.05) is 0 Å². The summed E-state index contributed by atoms with van der Waals surface area (Å²) in [6, 6.07) is 0.474. The van der Waals surface area contributed by atoms with Gasteiger partial charge < -0.3 is 9.53 Å². The molecule has 3 unspecified atom stereocenters. The molecule has 1 aliphatic rings. The van der Waals surface area contributed by atoms with E-state index in [2.05, 4.69) is 32.6 Å². The summed E-state index contributed by atoms with van der Waals surface area (Å²) in [4.78, 5) is 13.8. The molecule has 0 aromatic rings. The van der Waals surface area contributed by atoms with Gasteiger partial charge in [0, 0.05) is 24.5 Å². The molecule has 17 heavy (non-hydrogen) atoms. The molecule has 0 amide bonds. The lowest BCUT2D eigenvalue weighted by Crippen LogP contribution is -2.52. The number of carbonyl (C=O) groups is 1. The maximum absolute atomic E-state index is 11.3. The zero-order valence-corrected chi connectivity index (χ0v) is 11.7. The van der Waals surface area contributed by atoms with E-state index >= 15 is 0 Å². The van der Waals surface area contributed by atoms with Crippen LogP contribution in [0.3, 0.4) is 0 Å². The second-order valence-electron chi connectivity index (χ2n) is 5.66. The molecular weight excluding hydrogens is 214 g/mol. The summed E-state index contributed by atoms with van der Waals surface area (Å²) in [6.45, 7) is 11.1. The Morgan fingerprint density at radius 2 is 2.18 bits per heavy atom. The first-order chi connectivity index (χ1) is 8.04. The highest BCUT2D eigenvalue weighted by Gasteiger charge is 2.32. The molecule has 1 aliphatic heterocycles. The normalized spacial score (nSPS) is 29.9. The van der Waals surface area contributed by atoms with Gasteiger partial charge in [-0.3, -0.25) is 4.90 Å². The van der Waals surface area contributed by atoms with E-state index in [1.165, 1.54) is 0 Å². The van der Waals surface area contributed by atoms with Crippen molar-refractivity contribution in [3.05, 3.63) is 0 Å². The van der Waals surface area contributed by atoms with Gasteiger partial charge in [-0.1, -0.05) is 27.2 Å². The number of carbonyl (C=O) groups excluding carboxylic acids is 1. The molecule has 0 N–H and O–H groups in total. The monoisotopic (exact) mass is 241 g/mol. The molecule has 3 heteroatoms. The van der Waals surface area contributed by atoms with Crippen LogP contribution in [0.5, 0.6) is 0 Å². The van der Waals surface area contributed by atoms with Crippen LogP contribution in [-0.2, 0) is 9.53 Å². The number of ether oxygens (including phenoxy) is 1. The van der Waals surface area contributed by atoms with E-state index in [0.29, 0.717) is 6.04 Å². The Morgan fingerprint density at radius 1 is 1.47 bits per heavy atom. The van der Waals surface area contributed by atoms with E-state index in [9.17, 15) is 4.79 Å². The molecule has 3 nitrogen and oxygen atoms in total. The van der Waals surface area contributed by atoms with Crippen molar-refractivity contribution < 1.29 is 9.53 Å². The number of morpholine rings is 1. The Morgan fingerprint density at radius 3 is 2.71 bits per heavy atom. The molecule has 1 heterocycles. The van der Waals surface area contributed by atoms with Gasteiger partial charge in [0.15, 0.2) is 0 Å². The van der Waals surface area contributed by atoms with Crippen LogP contribution in [-0.4, -0.2) is 43.0 Å². The Kier molecular flexibility index (Phi) is 5.60. The summed E-state index contributed by atoms with van der Waals surface area (Å²) >= 11 is 0. The largest absolute Gasteiger partial charge is 0.376 e. The van der Waals surface area contributed by atoms with Crippen LogP contribution < -0.4 is 0 Å². The van der Waals surface area contributed by atoms with Crippen molar-refractivity contribution in [2.45, 2.75) is 59.1 Å². The van der Waals surface area contributed by atoms with Gasteiger partial charge in [-0.05, 0) is 19.8 Å². The second-order valence-corrected chi connectivity index (χ2v) is 5.66. The first-order valence-corrected chi connectivity index (χ1v) is 6.86. The zero-order chi connectivity index (χ0) is 12.9. The van der Waals surface area contributed by atoms with Gasteiger partial charge in [0.25, 0.3) is 0 Å². The second kappa shape index (κ2) is 6.50. The highest BCUT2D eigenvalue weighted by atomic mass is 16.5. The van der Waals surface area contributed by atoms with Gasteiger partial charge in [-0.25, -0.2) is 0 Å². The number of nitrogens with zero attached hydrogens (tertiary/aromatic N) is 1. The van der Waals surface area contributed by atoms with Gasteiger partial charge in [0.2, 0.25) is 0 Å². The lowest BCUT2D eigenvalue weighted by molar-refractivity contribution is -0.120. The van der Waals surface area contributed by atoms with E-state index in [-0.39, 0.29) is 11.5 Å². The van der Waals surface area contributed by atoms with Gasteiger partial charge in [-0.15, -0.1) is 0 Å². The highest BCUT2D eigenvalue weighted by Crippen LogP contribution is 2.25. The SMILES string of the molecule is CCCC(C)(C=O)CN1CC(C)OCC1CC. The lowest BCUT2D eigenvalue weighted by atomic mass is 9.86. The molecule has 0 aromatic carbocycles. The molecule has 0 aliphatic carbocycles. The first kappa shape index (κ1) is 14.7. The minimum Gasteiger partial charge on any atom is -0.376 e. The minimum absolute atomic E-state index is 0.195. The van der Waals surface area contributed by atoms with Crippen LogP contribution in [0.15, 0.2) is 0 Å². The molecule has 0 radical (unpaired) electrons. The van der Waals surface area contributed by atoms with Crippen LogP contribution in [0.1, 0.15) is 47.0 Å². The number of rotatable bonds is 6. The molecule has 1 rings (SSSR count). The summed E-state index contributed by atoms with van der Waals surface area (Å²) < 4.78 is 5.69. The van der Waals surface area contributed by atoms with Crippen molar-refractivity contribution >= 4 is 6.29 Å². The number of aldehydes is 1. The van der Waals surface area contributed by atoms with Gasteiger partial charge in [0.05, 0.1) is 12.7 Å². The zero-order valence-electron chi connectivity index (χ0n) is 11.7. The van der Waals surface area contributed by atoms with Crippen LogP contribution >= 0.6 is 0 Å². The Bertz CT molecular complexity index is 244. The van der Waals surface area contributed by atoms with E-state index < -0.39 is 0 Å². The third-order valence-corrected chi connectivity index (χ3v) is 3.72. The Hall–Kier alpha value is -0.410. The fraction of sp³-hybridized carbons (Fsp3) is 0.929. The molecule has 1 fully saturated rings. The van der Waals surface area contributed by atoms with Crippen molar-refractivity contribution in [2.75, 3.05) is 19.7 Å². The van der Waals surface area contributed by atoms with E-state index in [4.69, 9.17) is 4.74 Å².